The fraction of sp³-hybridized carbons (Fsp3) is 0.143. The summed E-state index contributed by atoms with van der Waals surface area (Å²) in [6, 6.07) is 9.74. The van der Waals surface area contributed by atoms with E-state index in [0.29, 0.717) is 24.0 Å². The average Bonchev–Trinajstić information content (AvgIpc) is 3.21. The van der Waals surface area contributed by atoms with Gasteiger partial charge in [-0.25, -0.2) is 0 Å². The van der Waals surface area contributed by atoms with Crippen molar-refractivity contribution < 1.29 is 4.52 Å². The van der Waals surface area contributed by atoms with Crippen LogP contribution in [0.15, 0.2) is 51.8 Å². The maximum Gasteiger partial charge on any atom is 0.237 e. The van der Waals surface area contributed by atoms with Gasteiger partial charge in [-0.05, 0) is 0 Å². The van der Waals surface area contributed by atoms with Gasteiger partial charge in [-0.15, -0.1) is 16.8 Å². The maximum atomic E-state index is 5.26. The Morgan fingerprint density at radius 1 is 1.27 bits per heavy atom. The van der Waals surface area contributed by atoms with Gasteiger partial charge in [0.25, 0.3) is 0 Å². The number of rotatable bonds is 7. The second-order valence-electron chi connectivity index (χ2n) is 4.21. The summed E-state index contributed by atoms with van der Waals surface area (Å²) in [6.45, 7) is 4.32. The van der Waals surface area contributed by atoms with E-state index in [1.807, 2.05) is 30.3 Å². The molecule has 0 aliphatic carbocycles. The molecule has 0 aliphatic rings. The molecule has 8 heteroatoms. The number of nitrogens with one attached hydrogen (secondary N) is 1. The van der Waals surface area contributed by atoms with Gasteiger partial charge in [0.15, 0.2) is 4.34 Å². The first kappa shape index (κ1) is 14.7. The molecule has 0 atom stereocenters. The molecule has 0 aliphatic heterocycles. The zero-order valence-corrected chi connectivity index (χ0v) is 13.2. The first-order chi connectivity index (χ1) is 10.8. The van der Waals surface area contributed by atoms with Gasteiger partial charge in [-0.1, -0.05) is 64.7 Å². The van der Waals surface area contributed by atoms with Crippen molar-refractivity contribution in [1.82, 2.24) is 20.3 Å². The molecule has 112 valence electrons. The van der Waals surface area contributed by atoms with E-state index in [-0.39, 0.29) is 0 Å². The van der Waals surface area contributed by atoms with Crippen LogP contribution in [-0.4, -0.2) is 26.9 Å². The number of thioether (sulfide) groups is 1. The van der Waals surface area contributed by atoms with Gasteiger partial charge in [-0.2, -0.15) is 4.98 Å². The summed E-state index contributed by atoms with van der Waals surface area (Å²) in [5, 5.41) is 16.0. The summed E-state index contributed by atoms with van der Waals surface area (Å²) in [6.07, 6.45) is 1.78. The maximum absolute atomic E-state index is 5.26. The van der Waals surface area contributed by atoms with Crippen LogP contribution >= 0.6 is 23.1 Å². The van der Waals surface area contributed by atoms with E-state index >= 15 is 0 Å². The van der Waals surface area contributed by atoms with Crippen molar-refractivity contribution in [3.05, 3.63) is 48.9 Å². The first-order valence-electron chi connectivity index (χ1n) is 6.54. The van der Waals surface area contributed by atoms with Crippen LogP contribution in [0.3, 0.4) is 0 Å². The molecule has 0 saturated heterocycles. The summed E-state index contributed by atoms with van der Waals surface area (Å²) >= 11 is 3.01. The highest BCUT2D eigenvalue weighted by Crippen LogP contribution is 2.28. The van der Waals surface area contributed by atoms with Crippen molar-refractivity contribution >= 4 is 28.2 Å². The fourth-order valence-corrected chi connectivity index (χ4v) is 3.24. The number of nitrogens with zero attached hydrogens (tertiary/aromatic N) is 4. The topological polar surface area (TPSA) is 76.7 Å². The van der Waals surface area contributed by atoms with Gasteiger partial charge in [0.05, 0.1) is 5.75 Å². The molecule has 22 heavy (non-hydrogen) atoms. The van der Waals surface area contributed by atoms with Crippen LogP contribution in [0.1, 0.15) is 5.89 Å². The second kappa shape index (κ2) is 7.19. The zero-order chi connectivity index (χ0) is 15.2. The normalized spacial score (nSPS) is 10.5. The molecule has 0 unspecified atom stereocenters. The third-order valence-electron chi connectivity index (χ3n) is 2.62. The molecule has 0 bridgehead atoms. The van der Waals surface area contributed by atoms with Crippen LogP contribution in [0, 0.1) is 0 Å². The van der Waals surface area contributed by atoms with Crippen LogP contribution < -0.4 is 5.32 Å². The van der Waals surface area contributed by atoms with Gasteiger partial charge in [0, 0.05) is 12.1 Å². The monoisotopic (exact) mass is 331 g/mol. The fourth-order valence-electron chi connectivity index (χ4n) is 1.64. The molecule has 0 spiro atoms. The summed E-state index contributed by atoms with van der Waals surface area (Å²) < 4.78 is 6.11. The summed E-state index contributed by atoms with van der Waals surface area (Å²) in [5.74, 6) is 1.73. The predicted molar refractivity (Wildman–Crippen MR) is 87.9 cm³/mol. The highest BCUT2D eigenvalue weighted by atomic mass is 32.2. The van der Waals surface area contributed by atoms with Crippen LogP contribution in [-0.2, 0) is 5.75 Å². The van der Waals surface area contributed by atoms with Crippen LogP contribution in [0.4, 0.5) is 5.13 Å². The second-order valence-corrected chi connectivity index (χ2v) is 6.41. The molecule has 1 N–H and O–H groups in total. The quantitative estimate of drug-likeness (QED) is 0.524. The number of anilines is 1. The molecule has 1 aromatic carbocycles. The van der Waals surface area contributed by atoms with Gasteiger partial charge in [0.2, 0.25) is 16.8 Å². The predicted octanol–water partition coefficient (Wildman–Crippen LogP) is 3.48. The minimum Gasteiger partial charge on any atom is -0.357 e. The third kappa shape index (κ3) is 3.71. The molecule has 0 saturated carbocycles. The lowest BCUT2D eigenvalue weighted by atomic mass is 10.2. The van der Waals surface area contributed by atoms with Gasteiger partial charge in [-0.3, -0.25) is 0 Å². The molecule has 2 aromatic heterocycles. The van der Waals surface area contributed by atoms with E-state index in [1.54, 1.807) is 6.08 Å². The Hall–Kier alpha value is -2.19. The number of aromatic nitrogens is 4. The standard InChI is InChI=1S/C14H13N5OS2/c1-2-8-15-13-17-18-14(22-13)21-9-11-16-12(19-20-11)10-6-4-3-5-7-10/h2-7H,1,8-9H2,(H,15,17). The lowest BCUT2D eigenvalue weighted by molar-refractivity contribution is 0.391. The van der Waals surface area contributed by atoms with Crippen LogP contribution in [0.25, 0.3) is 11.4 Å². The molecule has 0 radical (unpaired) electrons. The highest BCUT2D eigenvalue weighted by Gasteiger charge is 2.10. The lowest BCUT2D eigenvalue weighted by Crippen LogP contribution is -1.96. The molecular weight excluding hydrogens is 318 g/mol. The molecule has 3 aromatic rings. The Balaban J connectivity index is 1.59. The van der Waals surface area contributed by atoms with Crippen LogP contribution in [0.5, 0.6) is 0 Å². The Morgan fingerprint density at radius 3 is 2.95 bits per heavy atom. The van der Waals surface area contributed by atoms with Crippen molar-refractivity contribution in [3.8, 4) is 11.4 Å². The Morgan fingerprint density at radius 2 is 2.14 bits per heavy atom. The van der Waals surface area contributed by atoms with E-state index in [1.165, 1.54) is 23.1 Å². The van der Waals surface area contributed by atoms with Gasteiger partial charge in [0.1, 0.15) is 0 Å². The van der Waals surface area contributed by atoms with Crippen molar-refractivity contribution in [2.24, 2.45) is 0 Å². The molecule has 2 heterocycles. The third-order valence-corrected chi connectivity index (χ3v) is 4.62. The number of hydrogen-bond acceptors (Lipinski definition) is 8. The lowest BCUT2D eigenvalue weighted by Gasteiger charge is -1.93. The number of hydrogen-bond donors (Lipinski definition) is 1. The Kier molecular flexibility index (Phi) is 4.81. The van der Waals surface area contributed by atoms with Crippen molar-refractivity contribution in [1.29, 1.82) is 0 Å². The number of benzene rings is 1. The minimum absolute atomic E-state index is 0.565. The van der Waals surface area contributed by atoms with Crippen molar-refractivity contribution in [2.75, 3.05) is 11.9 Å². The molecule has 3 rings (SSSR count). The van der Waals surface area contributed by atoms with Gasteiger partial charge >= 0.3 is 0 Å². The van der Waals surface area contributed by atoms with E-state index in [4.69, 9.17) is 4.52 Å². The smallest absolute Gasteiger partial charge is 0.237 e. The average molecular weight is 331 g/mol. The minimum atomic E-state index is 0.565. The van der Waals surface area contributed by atoms with Crippen molar-refractivity contribution in [3.63, 3.8) is 0 Å². The zero-order valence-electron chi connectivity index (χ0n) is 11.6. The first-order valence-corrected chi connectivity index (χ1v) is 8.34. The SMILES string of the molecule is C=CCNc1nnc(SCc2nc(-c3ccccc3)no2)s1. The van der Waals surface area contributed by atoms with E-state index in [9.17, 15) is 0 Å². The molecule has 0 amide bonds. The summed E-state index contributed by atoms with van der Waals surface area (Å²) in [5.41, 5.74) is 0.939. The van der Waals surface area contributed by atoms with Crippen molar-refractivity contribution in [2.45, 2.75) is 10.1 Å². The molecule has 0 fully saturated rings. The highest BCUT2D eigenvalue weighted by molar-refractivity contribution is 8.00. The van der Waals surface area contributed by atoms with E-state index in [2.05, 4.69) is 32.2 Å². The Labute approximate surface area is 135 Å². The molecular formula is C14H13N5OS2. The summed E-state index contributed by atoms with van der Waals surface area (Å²) in [7, 11) is 0. The molecule has 6 nitrogen and oxygen atoms in total. The van der Waals surface area contributed by atoms with Gasteiger partial charge < -0.3 is 9.84 Å². The largest absolute Gasteiger partial charge is 0.357 e. The summed E-state index contributed by atoms with van der Waals surface area (Å²) in [4.78, 5) is 4.38. The van der Waals surface area contributed by atoms with E-state index < -0.39 is 0 Å². The van der Waals surface area contributed by atoms with Crippen LogP contribution in [0.2, 0.25) is 0 Å². The Bertz CT molecular complexity index is 741. The van der Waals surface area contributed by atoms with E-state index in [0.717, 1.165) is 15.0 Å².